The third-order valence-corrected chi connectivity index (χ3v) is 2.65. The summed E-state index contributed by atoms with van der Waals surface area (Å²) in [5, 5.41) is 8.16. The number of thioether (sulfide) groups is 1. The number of nitrogens with two attached hydrogens (primary N) is 1. The van der Waals surface area contributed by atoms with Gasteiger partial charge >= 0.3 is 0 Å². The Bertz CT molecular complexity index is 457. The first-order valence-electron chi connectivity index (χ1n) is 4.38. The lowest BCUT2D eigenvalue weighted by Crippen LogP contribution is -1.95. The van der Waals surface area contributed by atoms with Gasteiger partial charge in [-0.25, -0.2) is 4.98 Å². The highest BCUT2D eigenvalue weighted by atomic mass is 32.2. The van der Waals surface area contributed by atoms with E-state index in [1.54, 1.807) is 13.1 Å². The number of hydrogen-bond donors (Lipinski definition) is 1. The molecule has 2 rings (SSSR count). The molecular weight excluding hydrogens is 212 g/mol. The van der Waals surface area contributed by atoms with Crippen molar-refractivity contribution in [3.63, 3.8) is 0 Å². The molecule has 2 aromatic heterocycles. The SMILES string of the molecule is Cc1nnc(SCc2cccnc2N)o1. The Morgan fingerprint density at radius 3 is 3.00 bits per heavy atom. The van der Waals surface area contributed by atoms with Crippen LogP contribution in [0.15, 0.2) is 28.0 Å². The molecule has 5 nitrogen and oxygen atoms in total. The number of anilines is 1. The summed E-state index contributed by atoms with van der Waals surface area (Å²) in [5.41, 5.74) is 6.67. The van der Waals surface area contributed by atoms with Crippen LogP contribution in [0, 0.1) is 6.92 Å². The summed E-state index contributed by atoms with van der Waals surface area (Å²) in [6.45, 7) is 1.76. The standard InChI is InChI=1S/C9H10N4OS/c1-6-12-13-9(14-6)15-5-7-3-2-4-11-8(7)10/h2-4H,5H2,1H3,(H2,10,11). The van der Waals surface area contributed by atoms with E-state index in [2.05, 4.69) is 15.2 Å². The molecule has 0 fully saturated rings. The van der Waals surface area contributed by atoms with Crippen LogP contribution in [0.5, 0.6) is 0 Å². The molecule has 6 heteroatoms. The summed E-state index contributed by atoms with van der Waals surface area (Å²) >= 11 is 1.45. The van der Waals surface area contributed by atoms with E-state index < -0.39 is 0 Å². The zero-order valence-corrected chi connectivity index (χ0v) is 8.99. The first-order valence-corrected chi connectivity index (χ1v) is 5.36. The van der Waals surface area contributed by atoms with Crippen LogP contribution < -0.4 is 5.73 Å². The van der Waals surface area contributed by atoms with Crippen molar-refractivity contribution in [1.82, 2.24) is 15.2 Å². The van der Waals surface area contributed by atoms with Gasteiger partial charge in [0.15, 0.2) is 0 Å². The van der Waals surface area contributed by atoms with E-state index >= 15 is 0 Å². The Kier molecular flexibility index (Phi) is 2.86. The average molecular weight is 222 g/mol. The lowest BCUT2D eigenvalue weighted by Gasteiger charge is -2.00. The molecule has 2 N–H and O–H groups in total. The summed E-state index contributed by atoms with van der Waals surface area (Å²) in [6.07, 6.45) is 1.67. The molecule has 15 heavy (non-hydrogen) atoms. The molecule has 0 radical (unpaired) electrons. The van der Waals surface area contributed by atoms with E-state index in [1.165, 1.54) is 11.8 Å². The molecule has 0 aliphatic rings. The lowest BCUT2D eigenvalue weighted by atomic mass is 10.3. The van der Waals surface area contributed by atoms with Crippen LogP contribution in [-0.4, -0.2) is 15.2 Å². The van der Waals surface area contributed by atoms with Crippen molar-refractivity contribution in [3.05, 3.63) is 29.8 Å². The van der Waals surface area contributed by atoms with E-state index in [0.717, 1.165) is 5.56 Å². The van der Waals surface area contributed by atoms with E-state index in [1.807, 2.05) is 12.1 Å². The van der Waals surface area contributed by atoms with Gasteiger partial charge in [-0.2, -0.15) is 0 Å². The maximum absolute atomic E-state index is 5.70. The van der Waals surface area contributed by atoms with E-state index in [4.69, 9.17) is 10.2 Å². The van der Waals surface area contributed by atoms with Gasteiger partial charge in [0, 0.05) is 24.4 Å². The number of hydrogen-bond acceptors (Lipinski definition) is 6. The summed E-state index contributed by atoms with van der Waals surface area (Å²) < 4.78 is 5.22. The van der Waals surface area contributed by atoms with Gasteiger partial charge in [-0.1, -0.05) is 17.8 Å². The lowest BCUT2D eigenvalue weighted by molar-refractivity contribution is 0.429. The highest BCUT2D eigenvalue weighted by Gasteiger charge is 2.05. The van der Waals surface area contributed by atoms with Gasteiger partial charge in [0.2, 0.25) is 5.89 Å². The van der Waals surface area contributed by atoms with Gasteiger partial charge in [0.05, 0.1) is 0 Å². The normalized spacial score (nSPS) is 10.5. The fourth-order valence-electron chi connectivity index (χ4n) is 1.05. The summed E-state index contributed by atoms with van der Waals surface area (Å²) in [4.78, 5) is 3.99. The second kappa shape index (κ2) is 4.31. The Hall–Kier alpha value is -1.56. The van der Waals surface area contributed by atoms with Gasteiger partial charge in [-0.3, -0.25) is 0 Å². The minimum Gasteiger partial charge on any atom is -0.416 e. The molecule has 0 saturated heterocycles. The van der Waals surface area contributed by atoms with Crippen LogP contribution in [-0.2, 0) is 5.75 Å². The van der Waals surface area contributed by atoms with Gasteiger partial charge < -0.3 is 10.2 Å². The number of aromatic nitrogens is 3. The van der Waals surface area contributed by atoms with Crippen LogP contribution >= 0.6 is 11.8 Å². The van der Waals surface area contributed by atoms with E-state index in [-0.39, 0.29) is 0 Å². The van der Waals surface area contributed by atoms with Crippen LogP contribution in [0.1, 0.15) is 11.5 Å². The van der Waals surface area contributed by atoms with Crippen LogP contribution in [0.25, 0.3) is 0 Å². The van der Waals surface area contributed by atoms with Crippen molar-refractivity contribution in [1.29, 1.82) is 0 Å². The molecule has 2 aromatic rings. The minimum absolute atomic E-state index is 0.543. The third-order valence-electron chi connectivity index (χ3n) is 1.78. The maximum Gasteiger partial charge on any atom is 0.276 e. The molecule has 0 saturated carbocycles. The third kappa shape index (κ3) is 2.47. The van der Waals surface area contributed by atoms with Crippen molar-refractivity contribution in [2.24, 2.45) is 0 Å². The van der Waals surface area contributed by atoms with Gasteiger partial charge in [0.25, 0.3) is 5.22 Å². The quantitative estimate of drug-likeness (QED) is 0.795. The second-order valence-corrected chi connectivity index (χ2v) is 3.85. The van der Waals surface area contributed by atoms with Crippen LogP contribution in [0.4, 0.5) is 5.82 Å². The molecule has 2 heterocycles. The molecule has 0 spiro atoms. The largest absolute Gasteiger partial charge is 0.416 e. The molecule has 0 bridgehead atoms. The number of pyridine rings is 1. The second-order valence-electron chi connectivity index (χ2n) is 2.92. The van der Waals surface area contributed by atoms with Crippen molar-refractivity contribution in [2.75, 3.05) is 5.73 Å². The number of aryl methyl sites for hydroxylation is 1. The molecular formula is C9H10N4OS. The smallest absolute Gasteiger partial charge is 0.276 e. The predicted molar refractivity (Wildman–Crippen MR) is 57.2 cm³/mol. The average Bonchev–Trinajstić information content (AvgIpc) is 2.63. The summed E-state index contributed by atoms with van der Waals surface area (Å²) in [5.74, 6) is 1.79. The minimum atomic E-state index is 0.543. The number of nitrogen functional groups attached to an aromatic ring is 1. The topological polar surface area (TPSA) is 77.8 Å². The molecule has 0 atom stereocenters. The molecule has 0 aliphatic carbocycles. The summed E-state index contributed by atoms with van der Waals surface area (Å²) in [7, 11) is 0. The van der Waals surface area contributed by atoms with Gasteiger partial charge in [-0.05, 0) is 6.07 Å². The molecule has 0 unspecified atom stereocenters. The Balaban J connectivity index is 2.02. The number of rotatable bonds is 3. The fraction of sp³-hybridized carbons (Fsp3) is 0.222. The monoisotopic (exact) mass is 222 g/mol. The van der Waals surface area contributed by atoms with Crippen LogP contribution in [0.3, 0.4) is 0 Å². The van der Waals surface area contributed by atoms with Crippen molar-refractivity contribution in [2.45, 2.75) is 17.9 Å². The van der Waals surface area contributed by atoms with E-state index in [0.29, 0.717) is 22.7 Å². The highest BCUT2D eigenvalue weighted by Crippen LogP contribution is 2.22. The fourth-order valence-corrected chi connectivity index (χ4v) is 1.85. The Labute approximate surface area is 91.1 Å². The van der Waals surface area contributed by atoms with Crippen LogP contribution in [0.2, 0.25) is 0 Å². The number of nitrogens with zero attached hydrogens (tertiary/aromatic N) is 3. The van der Waals surface area contributed by atoms with Gasteiger partial charge in [0.1, 0.15) is 5.82 Å². The highest BCUT2D eigenvalue weighted by molar-refractivity contribution is 7.98. The first-order chi connectivity index (χ1) is 7.25. The molecule has 0 aromatic carbocycles. The van der Waals surface area contributed by atoms with E-state index in [9.17, 15) is 0 Å². The summed E-state index contributed by atoms with van der Waals surface area (Å²) in [6, 6.07) is 3.78. The predicted octanol–water partition coefficient (Wildman–Crippen LogP) is 1.65. The van der Waals surface area contributed by atoms with Gasteiger partial charge in [-0.15, -0.1) is 10.2 Å². The van der Waals surface area contributed by atoms with Crippen molar-refractivity contribution < 1.29 is 4.42 Å². The zero-order chi connectivity index (χ0) is 10.7. The molecule has 0 amide bonds. The Morgan fingerprint density at radius 1 is 1.47 bits per heavy atom. The first kappa shape index (κ1) is 9.97. The van der Waals surface area contributed by atoms with Crippen molar-refractivity contribution >= 4 is 17.6 Å². The Morgan fingerprint density at radius 2 is 2.33 bits per heavy atom. The molecule has 78 valence electrons. The van der Waals surface area contributed by atoms with Crippen molar-refractivity contribution in [3.8, 4) is 0 Å². The maximum atomic E-state index is 5.70. The zero-order valence-electron chi connectivity index (χ0n) is 8.17. The molecule has 0 aliphatic heterocycles.